The van der Waals surface area contributed by atoms with Crippen molar-refractivity contribution in [2.24, 2.45) is 0 Å². The summed E-state index contributed by atoms with van der Waals surface area (Å²) in [4.78, 5) is 22.4. The smallest absolute Gasteiger partial charge is 0.416 e. The van der Waals surface area contributed by atoms with Gasteiger partial charge in [0.25, 0.3) is 5.91 Å². The average molecular weight is 342 g/mol. The molecule has 128 valence electrons. The molecule has 0 saturated heterocycles. The number of rotatable bonds is 5. The minimum atomic E-state index is -4.51. The number of aliphatic carboxylic acids is 1. The number of carboxylic acids is 1. The second-order valence-corrected chi connectivity index (χ2v) is 4.77. The minimum absolute atomic E-state index is 0.103. The van der Waals surface area contributed by atoms with E-state index in [-0.39, 0.29) is 23.5 Å². The maximum Gasteiger partial charge on any atom is 0.416 e. The van der Waals surface area contributed by atoms with E-state index < -0.39 is 30.2 Å². The maximum absolute atomic E-state index is 12.8. The number of nitrogens with one attached hydrogen (secondary N) is 1. The molecule has 7 nitrogen and oxygen atoms in total. The van der Waals surface area contributed by atoms with Gasteiger partial charge in [0.15, 0.2) is 5.69 Å². The lowest BCUT2D eigenvalue weighted by atomic mass is 10.2. The number of benzene rings is 1. The van der Waals surface area contributed by atoms with Crippen LogP contribution in [0, 0.1) is 0 Å². The highest BCUT2D eigenvalue weighted by Gasteiger charge is 2.31. The molecule has 1 amide bonds. The van der Waals surface area contributed by atoms with Crippen molar-refractivity contribution < 1.29 is 27.9 Å². The van der Waals surface area contributed by atoms with Crippen molar-refractivity contribution in [1.29, 1.82) is 0 Å². The Morgan fingerprint density at radius 3 is 2.62 bits per heavy atom. The molecule has 0 aliphatic carbocycles. The van der Waals surface area contributed by atoms with Crippen LogP contribution in [0.4, 0.5) is 13.2 Å². The summed E-state index contributed by atoms with van der Waals surface area (Å²) in [5.74, 6) is -1.99. The van der Waals surface area contributed by atoms with E-state index in [1.807, 2.05) is 0 Å². The Morgan fingerprint density at radius 1 is 1.33 bits per heavy atom. The van der Waals surface area contributed by atoms with Crippen LogP contribution >= 0.6 is 0 Å². The number of hydrogen-bond donors (Lipinski definition) is 2. The monoisotopic (exact) mass is 342 g/mol. The first kappa shape index (κ1) is 17.4. The van der Waals surface area contributed by atoms with Gasteiger partial charge >= 0.3 is 12.1 Å². The number of nitrogens with zero attached hydrogens (tertiary/aromatic N) is 3. The number of carboxylic acid groups (broad SMARTS) is 1. The van der Waals surface area contributed by atoms with E-state index in [1.165, 1.54) is 12.1 Å². The fourth-order valence-electron chi connectivity index (χ4n) is 2.06. The average Bonchev–Trinajstić information content (AvgIpc) is 2.95. The van der Waals surface area contributed by atoms with Crippen LogP contribution in [0.1, 0.15) is 28.7 Å². The third-order valence-electron chi connectivity index (χ3n) is 3.13. The number of aromatic nitrogens is 3. The van der Waals surface area contributed by atoms with Gasteiger partial charge < -0.3 is 10.4 Å². The first-order valence-corrected chi connectivity index (χ1v) is 6.86. The van der Waals surface area contributed by atoms with Gasteiger partial charge in [-0.1, -0.05) is 18.2 Å². The summed E-state index contributed by atoms with van der Waals surface area (Å²) in [7, 11) is 0. The molecule has 0 fully saturated rings. The largest absolute Gasteiger partial charge is 0.480 e. The Morgan fingerprint density at radius 2 is 2.04 bits per heavy atom. The maximum atomic E-state index is 12.8. The standard InChI is InChI=1S/C14H13F3N4O3/c1-2-10-12(13(24)18-7-11(22)23)19-20-21(10)9-5-3-4-8(6-9)14(15,16)17/h3-6H,2,7H2,1H3,(H,18,24)(H,22,23). The Kier molecular flexibility index (Phi) is 4.86. The summed E-state index contributed by atoms with van der Waals surface area (Å²) in [5, 5.41) is 18.1. The summed E-state index contributed by atoms with van der Waals surface area (Å²) in [5.41, 5.74) is -0.603. The number of alkyl halides is 3. The lowest BCUT2D eigenvalue weighted by molar-refractivity contribution is -0.138. The van der Waals surface area contributed by atoms with E-state index in [2.05, 4.69) is 15.6 Å². The predicted octanol–water partition coefficient (Wildman–Crippen LogP) is 1.66. The molecule has 0 radical (unpaired) electrons. The van der Waals surface area contributed by atoms with Crippen molar-refractivity contribution >= 4 is 11.9 Å². The Hall–Kier alpha value is -2.91. The van der Waals surface area contributed by atoms with Crippen LogP contribution in [0.25, 0.3) is 5.69 Å². The van der Waals surface area contributed by atoms with E-state index in [4.69, 9.17) is 5.11 Å². The molecular formula is C14H13F3N4O3. The molecule has 1 aromatic carbocycles. The SMILES string of the molecule is CCc1c(C(=O)NCC(=O)O)nnn1-c1cccc(C(F)(F)F)c1. The van der Waals surface area contributed by atoms with Crippen molar-refractivity contribution in [1.82, 2.24) is 20.3 Å². The van der Waals surface area contributed by atoms with Gasteiger partial charge in [-0.15, -0.1) is 5.10 Å². The van der Waals surface area contributed by atoms with Crippen LogP contribution in [-0.2, 0) is 17.4 Å². The predicted molar refractivity (Wildman–Crippen MR) is 75.7 cm³/mol. The van der Waals surface area contributed by atoms with Crippen molar-refractivity contribution in [3.8, 4) is 5.69 Å². The summed E-state index contributed by atoms with van der Waals surface area (Å²) in [6.07, 6.45) is -4.25. The summed E-state index contributed by atoms with van der Waals surface area (Å²) >= 11 is 0. The first-order chi connectivity index (χ1) is 11.2. The second-order valence-electron chi connectivity index (χ2n) is 4.77. The van der Waals surface area contributed by atoms with Crippen LogP contribution in [0.2, 0.25) is 0 Å². The highest BCUT2D eigenvalue weighted by molar-refractivity contribution is 5.95. The van der Waals surface area contributed by atoms with Gasteiger partial charge in [0.1, 0.15) is 6.54 Å². The molecule has 0 atom stereocenters. The van der Waals surface area contributed by atoms with Crippen LogP contribution in [0.3, 0.4) is 0 Å². The third kappa shape index (κ3) is 3.70. The van der Waals surface area contributed by atoms with E-state index in [9.17, 15) is 22.8 Å². The highest BCUT2D eigenvalue weighted by Crippen LogP contribution is 2.30. The van der Waals surface area contributed by atoms with Gasteiger partial charge in [0.05, 0.1) is 16.9 Å². The summed E-state index contributed by atoms with van der Waals surface area (Å²) < 4.78 is 39.6. The molecule has 10 heteroatoms. The molecule has 2 rings (SSSR count). The third-order valence-corrected chi connectivity index (χ3v) is 3.13. The fourth-order valence-corrected chi connectivity index (χ4v) is 2.06. The van der Waals surface area contributed by atoms with E-state index in [1.54, 1.807) is 6.92 Å². The van der Waals surface area contributed by atoms with E-state index in [0.717, 1.165) is 16.8 Å². The number of carbonyl (C=O) groups excluding carboxylic acids is 1. The molecule has 1 heterocycles. The zero-order chi connectivity index (χ0) is 17.9. The van der Waals surface area contributed by atoms with Crippen molar-refractivity contribution in [2.45, 2.75) is 19.5 Å². The number of carbonyl (C=O) groups is 2. The zero-order valence-corrected chi connectivity index (χ0v) is 12.5. The lowest BCUT2D eigenvalue weighted by Gasteiger charge is -2.10. The fraction of sp³-hybridized carbons (Fsp3) is 0.286. The minimum Gasteiger partial charge on any atom is -0.480 e. The Bertz CT molecular complexity index is 771. The highest BCUT2D eigenvalue weighted by atomic mass is 19.4. The Balaban J connectivity index is 2.39. The van der Waals surface area contributed by atoms with Gasteiger partial charge in [0.2, 0.25) is 0 Å². The molecule has 0 bridgehead atoms. The molecule has 24 heavy (non-hydrogen) atoms. The van der Waals surface area contributed by atoms with Crippen molar-refractivity contribution in [2.75, 3.05) is 6.54 Å². The van der Waals surface area contributed by atoms with Crippen LogP contribution in [0.5, 0.6) is 0 Å². The van der Waals surface area contributed by atoms with Gasteiger partial charge in [-0.3, -0.25) is 9.59 Å². The number of halogens is 3. The van der Waals surface area contributed by atoms with E-state index in [0.29, 0.717) is 0 Å². The number of hydrogen-bond acceptors (Lipinski definition) is 4. The van der Waals surface area contributed by atoms with Crippen LogP contribution in [-0.4, -0.2) is 38.5 Å². The lowest BCUT2D eigenvalue weighted by Crippen LogP contribution is -2.30. The Labute approximate surface area is 134 Å². The van der Waals surface area contributed by atoms with Crippen molar-refractivity contribution in [3.05, 3.63) is 41.2 Å². The molecule has 0 aliphatic heterocycles. The molecule has 1 aromatic heterocycles. The van der Waals surface area contributed by atoms with Gasteiger partial charge in [-0.25, -0.2) is 4.68 Å². The normalized spacial score (nSPS) is 11.3. The quantitative estimate of drug-likeness (QED) is 0.861. The van der Waals surface area contributed by atoms with Crippen molar-refractivity contribution in [3.63, 3.8) is 0 Å². The van der Waals surface area contributed by atoms with Crippen LogP contribution in [0.15, 0.2) is 24.3 Å². The zero-order valence-electron chi connectivity index (χ0n) is 12.5. The molecule has 0 spiro atoms. The van der Waals surface area contributed by atoms with Gasteiger partial charge in [-0.05, 0) is 24.6 Å². The molecule has 2 N–H and O–H groups in total. The molecule has 2 aromatic rings. The molecular weight excluding hydrogens is 329 g/mol. The first-order valence-electron chi connectivity index (χ1n) is 6.86. The second kappa shape index (κ2) is 6.69. The van der Waals surface area contributed by atoms with Gasteiger partial charge in [-0.2, -0.15) is 13.2 Å². The molecule has 0 saturated carbocycles. The molecule has 0 unspecified atom stereocenters. The molecule has 0 aliphatic rings. The topological polar surface area (TPSA) is 97.1 Å². The summed E-state index contributed by atoms with van der Waals surface area (Å²) in [6, 6.07) is 4.45. The van der Waals surface area contributed by atoms with Crippen LogP contribution < -0.4 is 5.32 Å². The van der Waals surface area contributed by atoms with E-state index >= 15 is 0 Å². The summed E-state index contributed by atoms with van der Waals surface area (Å²) in [6.45, 7) is 1.08. The number of amides is 1. The van der Waals surface area contributed by atoms with Gasteiger partial charge in [0, 0.05) is 0 Å².